The molecule has 5 heteroatoms. The molecule has 1 saturated heterocycles. The van der Waals surface area contributed by atoms with Gasteiger partial charge >= 0.3 is 0 Å². The van der Waals surface area contributed by atoms with Gasteiger partial charge < -0.3 is 5.32 Å². The Hall–Kier alpha value is -0.440. The Kier molecular flexibility index (Phi) is 2.85. The zero-order chi connectivity index (χ0) is 10.6. The molecule has 2 fully saturated rings. The molecule has 0 bridgehead atoms. The fraction of sp³-hybridized carbons (Fsp3) is 0.364. The molecular weight excluding hydrogens is 268 g/mol. The molecule has 2 nitrogen and oxygen atoms in total. The van der Waals surface area contributed by atoms with Crippen molar-refractivity contribution in [1.29, 1.82) is 0 Å². The van der Waals surface area contributed by atoms with Gasteiger partial charge in [0, 0.05) is 12.0 Å². The van der Waals surface area contributed by atoms with Crippen molar-refractivity contribution < 1.29 is 4.79 Å². The first-order valence-corrected chi connectivity index (χ1v) is 5.62. The van der Waals surface area contributed by atoms with Crippen molar-refractivity contribution in [2.45, 2.75) is 11.8 Å². The van der Waals surface area contributed by atoms with E-state index in [-0.39, 0.29) is 29.6 Å². The summed E-state index contributed by atoms with van der Waals surface area (Å²) in [4.78, 5) is 11.4. The van der Waals surface area contributed by atoms with E-state index in [9.17, 15) is 4.79 Å². The van der Waals surface area contributed by atoms with Gasteiger partial charge in [-0.25, -0.2) is 0 Å². The van der Waals surface area contributed by atoms with Crippen molar-refractivity contribution in [3.8, 4) is 0 Å². The lowest BCUT2D eigenvalue weighted by atomic mass is 9.95. The van der Waals surface area contributed by atoms with Crippen molar-refractivity contribution >= 4 is 41.5 Å². The Morgan fingerprint density at radius 1 is 1.31 bits per heavy atom. The summed E-state index contributed by atoms with van der Waals surface area (Å²) in [5.41, 5.74) is 1.13. The zero-order valence-electron chi connectivity index (χ0n) is 8.30. The lowest BCUT2D eigenvalue weighted by Crippen LogP contribution is -2.22. The molecule has 1 aliphatic carbocycles. The molecule has 86 valence electrons. The van der Waals surface area contributed by atoms with Crippen LogP contribution in [-0.2, 0) is 10.2 Å². The van der Waals surface area contributed by atoms with E-state index in [1.807, 2.05) is 12.1 Å². The second-order valence-corrected chi connectivity index (χ2v) is 5.07. The quantitative estimate of drug-likeness (QED) is 0.841. The van der Waals surface area contributed by atoms with Gasteiger partial charge in [0.05, 0.1) is 16.0 Å². The van der Waals surface area contributed by atoms with Crippen LogP contribution in [0.15, 0.2) is 18.2 Å². The second-order valence-electron chi connectivity index (χ2n) is 4.26. The van der Waals surface area contributed by atoms with Gasteiger partial charge in [0.1, 0.15) is 0 Å². The first-order valence-electron chi connectivity index (χ1n) is 4.87. The largest absolute Gasteiger partial charge is 0.355 e. The summed E-state index contributed by atoms with van der Waals surface area (Å²) in [6.07, 6.45) is 0.941. The molecule has 1 saturated carbocycles. The fourth-order valence-corrected chi connectivity index (χ4v) is 2.74. The molecule has 0 unspecified atom stereocenters. The van der Waals surface area contributed by atoms with Gasteiger partial charge in [-0.05, 0) is 24.1 Å². The van der Waals surface area contributed by atoms with E-state index in [0.29, 0.717) is 10.0 Å². The summed E-state index contributed by atoms with van der Waals surface area (Å²) in [7, 11) is 0. The summed E-state index contributed by atoms with van der Waals surface area (Å²) in [6, 6.07) is 5.64. The van der Waals surface area contributed by atoms with Crippen LogP contribution in [0.1, 0.15) is 12.0 Å². The van der Waals surface area contributed by atoms with Crippen LogP contribution in [-0.4, -0.2) is 12.5 Å². The fourth-order valence-electron chi connectivity index (χ4n) is 2.44. The predicted octanol–water partition coefficient (Wildman–Crippen LogP) is 2.80. The summed E-state index contributed by atoms with van der Waals surface area (Å²) in [6.45, 7) is 0.731. The summed E-state index contributed by atoms with van der Waals surface area (Å²) >= 11 is 11.8. The van der Waals surface area contributed by atoms with Gasteiger partial charge in [0.15, 0.2) is 0 Å². The Labute approximate surface area is 110 Å². The molecule has 2 aliphatic rings. The molecule has 0 aromatic heterocycles. The van der Waals surface area contributed by atoms with E-state index in [0.717, 1.165) is 18.5 Å². The maximum atomic E-state index is 11.4. The molecule has 0 spiro atoms. The number of fused-ring (bicyclic) bond motifs is 1. The average Bonchev–Trinajstić information content (AvgIpc) is 2.88. The Balaban J connectivity index is 0.000000963. The lowest BCUT2D eigenvalue weighted by Gasteiger charge is -2.12. The van der Waals surface area contributed by atoms with Gasteiger partial charge in [-0.2, -0.15) is 0 Å². The van der Waals surface area contributed by atoms with Crippen molar-refractivity contribution in [2.75, 3.05) is 6.54 Å². The monoisotopic (exact) mass is 277 g/mol. The normalized spacial score (nSPS) is 30.4. The van der Waals surface area contributed by atoms with Gasteiger partial charge in [0.2, 0.25) is 5.91 Å². The number of rotatable bonds is 1. The van der Waals surface area contributed by atoms with Crippen LogP contribution in [0, 0.1) is 5.92 Å². The molecule has 0 radical (unpaired) electrons. The van der Waals surface area contributed by atoms with Crippen LogP contribution in [0.25, 0.3) is 0 Å². The Bertz CT molecular complexity index is 463. The van der Waals surface area contributed by atoms with Crippen molar-refractivity contribution in [2.24, 2.45) is 5.92 Å². The number of hydrogen-bond acceptors (Lipinski definition) is 1. The molecule has 3 rings (SSSR count). The number of benzene rings is 1. The molecule has 1 amide bonds. The van der Waals surface area contributed by atoms with E-state index < -0.39 is 0 Å². The highest BCUT2D eigenvalue weighted by Crippen LogP contribution is 2.57. The van der Waals surface area contributed by atoms with E-state index in [4.69, 9.17) is 23.2 Å². The van der Waals surface area contributed by atoms with E-state index in [1.54, 1.807) is 6.07 Å². The highest BCUT2D eigenvalue weighted by molar-refractivity contribution is 6.42. The van der Waals surface area contributed by atoms with Crippen LogP contribution in [0.5, 0.6) is 0 Å². The van der Waals surface area contributed by atoms with Crippen molar-refractivity contribution in [3.05, 3.63) is 33.8 Å². The van der Waals surface area contributed by atoms with Gasteiger partial charge in [0.25, 0.3) is 0 Å². The summed E-state index contributed by atoms with van der Waals surface area (Å²) < 4.78 is 0. The first-order chi connectivity index (χ1) is 7.13. The smallest absolute Gasteiger partial charge is 0.224 e. The van der Waals surface area contributed by atoms with E-state index in [1.165, 1.54) is 0 Å². The molecule has 1 aromatic rings. The van der Waals surface area contributed by atoms with Gasteiger partial charge in [-0.3, -0.25) is 4.79 Å². The maximum absolute atomic E-state index is 11.4. The summed E-state index contributed by atoms with van der Waals surface area (Å²) in [5.74, 6) is 0.316. The van der Waals surface area contributed by atoms with Crippen molar-refractivity contribution in [3.63, 3.8) is 0 Å². The SMILES string of the molecule is Cl.O=C1NC[C@]2(c3ccc(Cl)c(Cl)c3)C[C@H]12. The van der Waals surface area contributed by atoms with Crippen LogP contribution in [0.3, 0.4) is 0 Å². The maximum Gasteiger partial charge on any atom is 0.224 e. The number of halogens is 3. The standard InChI is InChI=1S/C11H9Cl2NO.ClH/c12-8-2-1-6(3-9(8)13)11-4-7(11)10(15)14-5-11;/h1-3,7H,4-5H2,(H,14,15);1H/t7-,11+;/m1./s1. The minimum atomic E-state index is 0. The predicted molar refractivity (Wildman–Crippen MR) is 66.5 cm³/mol. The second kappa shape index (κ2) is 3.80. The minimum absolute atomic E-state index is 0. The number of amides is 1. The van der Waals surface area contributed by atoms with Crippen LogP contribution in [0.4, 0.5) is 0 Å². The summed E-state index contributed by atoms with van der Waals surface area (Å²) in [5, 5.41) is 4.00. The average molecular weight is 279 g/mol. The topological polar surface area (TPSA) is 29.1 Å². The zero-order valence-corrected chi connectivity index (χ0v) is 10.6. The molecule has 16 heavy (non-hydrogen) atoms. The number of nitrogens with one attached hydrogen (secondary N) is 1. The van der Waals surface area contributed by atoms with Gasteiger partial charge in [-0.15, -0.1) is 12.4 Å². The Morgan fingerprint density at radius 2 is 2.06 bits per heavy atom. The number of hydrogen-bond donors (Lipinski definition) is 1. The van der Waals surface area contributed by atoms with Crippen LogP contribution in [0.2, 0.25) is 10.0 Å². The third kappa shape index (κ3) is 1.52. The van der Waals surface area contributed by atoms with Crippen LogP contribution < -0.4 is 5.32 Å². The van der Waals surface area contributed by atoms with E-state index >= 15 is 0 Å². The molecular formula is C11H10Cl3NO. The Morgan fingerprint density at radius 3 is 2.56 bits per heavy atom. The molecule has 1 aromatic carbocycles. The van der Waals surface area contributed by atoms with Crippen LogP contribution >= 0.6 is 35.6 Å². The molecule has 1 aliphatic heterocycles. The third-order valence-corrected chi connectivity index (χ3v) is 4.20. The number of piperidine rings is 1. The number of carbonyl (C=O) groups excluding carboxylic acids is 1. The van der Waals surface area contributed by atoms with Gasteiger partial charge in [-0.1, -0.05) is 29.3 Å². The third-order valence-electron chi connectivity index (χ3n) is 3.46. The highest BCUT2D eigenvalue weighted by Gasteiger charge is 2.63. The minimum Gasteiger partial charge on any atom is -0.355 e. The molecule has 2 atom stereocenters. The first kappa shape index (κ1) is 12.0. The molecule has 1 heterocycles. The number of carbonyl (C=O) groups is 1. The van der Waals surface area contributed by atoms with Crippen molar-refractivity contribution in [1.82, 2.24) is 5.32 Å². The highest BCUT2D eigenvalue weighted by atomic mass is 35.5. The lowest BCUT2D eigenvalue weighted by molar-refractivity contribution is -0.120. The van der Waals surface area contributed by atoms with E-state index in [2.05, 4.69) is 5.32 Å². The molecule has 1 N–H and O–H groups in total.